The first-order valence-corrected chi connectivity index (χ1v) is 10.9. The molecule has 1 aliphatic carbocycles. The van der Waals surface area contributed by atoms with Gasteiger partial charge in [0.1, 0.15) is 5.82 Å². The fourth-order valence-electron chi connectivity index (χ4n) is 4.13. The highest BCUT2D eigenvalue weighted by Gasteiger charge is 2.19. The lowest BCUT2D eigenvalue weighted by Gasteiger charge is -2.26. The van der Waals surface area contributed by atoms with Gasteiger partial charge in [0.25, 0.3) is 11.8 Å². The average Bonchev–Trinajstić information content (AvgIpc) is 3.32. The maximum absolute atomic E-state index is 12.6. The van der Waals surface area contributed by atoms with Crippen molar-refractivity contribution in [2.24, 2.45) is 11.7 Å². The van der Waals surface area contributed by atoms with Crippen molar-refractivity contribution < 1.29 is 14.3 Å². The van der Waals surface area contributed by atoms with Crippen molar-refractivity contribution in [1.82, 2.24) is 9.88 Å². The number of pyridine rings is 1. The molecule has 8 nitrogen and oxygen atoms in total. The van der Waals surface area contributed by atoms with Crippen molar-refractivity contribution in [1.29, 1.82) is 0 Å². The van der Waals surface area contributed by atoms with E-state index < -0.39 is 5.91 Å². The second-order valence-electron chi connectivity index (χ2n) is 8.12. The van der Waals surface area contributed by atoms with Gasteiger partial charge >= 0.3 is 0 Å². The Morgan fingerprint density at radius 1 is 1.13 bits per heavy atom. The average molecular weight is 424 g/mol. The molecule has 1 aromatic heterocycles. The second kappa shape index (κ2) is 9.78. The fraction of sp³-hybridized carbons (Fsp3) is 0.435. The van der Waals surface area contributed by atoms with Gasteiger partial charge in [-0.05, 0) is 43.0 Å². The Bertz CT molecular complexity index is 919. The zero-order chi connectivity index (χ0) is 21.6. The summed E-state index contributed by atoms with van der Waals surface area (Å²) in [6, 6.07) is 9.11. The number of primary amides is 1. The van der Waals surface area contributed by atoms with Gasteiger partial charge in [-0.25, -0.2) is 4.98 Å². The summed E-state index contributed by atoms with van der Waals surface area (Å²) in [5.74, 6) is 0.740. The molecule has 1 saturated carbocycles. The summed E-state index contributed by atoms with van der Waals surface area (Å²) in [4.78, 5) is 30.5. The Morgan fingerprint density at radius 3 is 2.52 bits per heavy atom. The molecule has 31 heavy (non-hydrogen) atoms. The lowest BCUT2D eigenvalue weighted by molar-refractivity contribution is 0.0303. The molecule has 0 bridgehead atoms. The third kappa shape index (κ3) is 5.32. The van der Waals surface area contributed by atoms with E-state index >= 15 is 0 Å². The Labute approximate surface area is 182 Å². The van der Waals surface area contributed by atoms with Crippen LogP contribution in [-0.2, 0) is 4.74 Å². The number of aromatic nitrogens is 1. The maximum Gasteiger partial charge on any atom is 0.254 e. The van der Waals surface area contributed by atoms with E-state index in [1.165, 1.54) is 31.9 Å². The molecule has 2 fully saturated rings. The molecule has 0 radical (unpaired) electrons. The topological polar surface area (TPSA) is 110 Å². The van der Waals surface area contributed by atoms with Gasteiger partial charge in [-0.2, -0.15) is 0 Å². The number of rotatable bonds is 7. The summed E-state index contributed by atoms with van der Waals surface area (Å²) < 4.78 is 5.31. The number of carbonyl (C=O) groups is 2. The first-order valence-electron chi connectivity index (χ1n) is 10.9. The van der Waals surface area contributed by atoms with Crippen LogP contribution in [0.5, 0.6) is 0 Å². The Hall–Kier alpha value is -3.13. The SMILES string of the molecule is NC(=O)c1cnc(Nc2ccc(C(=O)N3CCOCC3)cc2)cc1NCC1CCCC1. The highest BCUT2D eigenvalue weighted by Crippen LogP contribution is 2.27. The van der Waals surface area contributed by atoms with E-state index in [-0.39, 0.29) is 5.91 Å². The molecule has 8 heteroatoms. The monoisotopic (exact) mass is 423 g/mol. The zero-order valence-electron chi connectivity index (χ0n) is 17.6. The van der Waals surface area contributed by atoms with Crippen LogP contribution in [0.3, 0.4) is 0 Å². The van der Waals surface area contributed by atoms with E-state index in [0.717, 1.165) is 12.2 Å². The predicted octanol–water partition coefficient (Wildman–Crippen LogP) is 3.00. The summed E-state index contributed by atoms with van der Waals surface area (Å²) in [5, 5.41) is 6.62. The molecule has 0 atom stereocenters. The van der Waals surface area contributed by atoms with E-state index in [1.54, 1.807) is 17.0 Å². The van der Waals surface area contributed by atoms with Crippen LogP contribution in [0.2, 0.25) is 0 Å². The molecule has 1 aliphatic heterocycles. The number of hydrogen-bond acceptors (Lipinski definition) is 6. The summed E-state index contributed by atoms with van der Waals surface area (Å²) in [6.07, 6.45) is 6.46. The molecule has 1 aromatic carbocycles. The molecule has 1 saturated heterocycles. The van der Waals surface area contributed by atoms with Crippen LogP contribution in [-0.4, -0.2) is 54.5 Å². The minimum atomic E-state index is -0.501. The van der Waals surface area contributed by atoms with Crippen molar-refractivity contribution >= 4 is 29.0 Å². The first kappa shape index (κ1) is 21.1. The van der Waals surface area contributed by atoms with Crippen molar-refractivity contribution in [3.63, 3.8) is 0 Å². The fourth-order valence-corrected chi connectivity index (χ4v) is 4.13. The highest BCUT2D eigenvalue weighted by atomic mass is 16.5. The Morgan fingerprint density at radius 2 is 1.84 bits per heavy atom. The number of nitrogens with two attached hydrogens (primary N) is 1. The Balaban J connectivity index is 1.43. The van der Waals surface area contributed by atoms with E-state index in [4.69, 9.17) is 10.5 Å². The normalized spacial score (nSPS) is 16.8. The molecule has 2 aliphatic rings. The highest BCUT2D eigenvalue weighted by molar-refractivity contribution is 5.98. The maximum atomic E-state index is 12.6. The molecule has 0 spiro atoms. The van der Waals surface area contributed by atoms with Crippen LogP contribution in [0.25, 0.3) is 0 Å². The number of nitrogens with one attached hydrogen (secondary N) is 2. The number of benzene rings is 1. The molecule has 2 amide bonds. The number of amides is 2. The van der Waals surface area contributed by atoms with E-state index in [1.807, 2.05) is 18.2 Å². The van der Waals surface area contributed by atoms with Gasteiger partial charge in [-0.3, -0.25) is 9.59 Å². The van der Waals surface area contributed by atoms with Crippen LogP contribution >= 0.6 is 0 Å². The van der Waals surface area contributed by atoms with E-state index in [0.29, 0.717) is 54.9 Å². The van der Waals surface area contributed by atoms with Crippen LogP contribution in [0.15, 0.2) is 36.5 Å². The van der Waals surface area contributed by atoms with Crippen LogP contribution in [0.1, 0.15) is 46.4 Å². The van der Waals surface area contributed by atoms with Gasteiger partial charge in [0.15, 0.2) is 0 Å². The van der Waals surface area contributed by atoms with Gasteiger partial charge in [0.2, 0.25) is 0 Å². The Kier molecular flexibility index (Phi) is 6.66. The van der Waals surface area contributed by atoms with Gasteiger partial charge in [0.05, 0.1) is 24.5 Å². The minimum absolute atomic E-state index is 0.0113. The summed E-state index contributed by atoms with van der Waals surface area (Å²) in [6.45, 7) is 3.21. The molecule has 164 valence electrons. The summed E-state index contributed by atoms with van der Waals surface area (Å²) >= 11 is 0. The van der Waals surface area contributed by atoms with Crippen molar-refractivity contribution in [3.05, 3.63) is 47.7 Å². The second-order valence-corrected chi connectivity index (χ2v) is 8.12. The number of morpholine rings is 1. The van der Waals surface area contributed by atoms with Gasteiger partial charge < -0.3 is 26.0 Å². The number of ether oxygens (including phenoxy) is 1. The van der Waals surface area contributed by atoms with Gasteiger partial charge in [-0.15, -0.1) is 0 Å². The molecular formula is C23H29N5O3. The molecule has 2 aromatic rings. The third-order valence-corrected chi connectivity index (χ3v) is 5.93. The van der Waals surface area contributed by atoms with Crippen molar-refractivity contribution in [2.45, 2.75) is 25.7 Å². The lowest BCUT2D eigenvalue weighted by Crippen LogP contribution is -2.40. The molecule has 0 unspecified atom stereocenters. The predicted molar refractivity (Wildman–Crippen MR) is 120 cm³/mol. The number of hydrogen-bond donors (Lipinski definition) is 3. The van der Waals surface area contributed by atoms with Gasteiger partial charge in [-0.1, -0.05) is 12.8 Å². The van der Waals surface area contributed by atoms with Gasteiger partial charge in [0, 0.05) is 43.1 Å². The van der Waals surface area contributed by atoms with Crippen LogP contribution < -0.4 is 16.4 Å². The summed E-state index contributed by atoms with van der Waals surface area (Å²) in [7, 11) is 0. The van der Waals surface area contributed by atoms with Crippen LogP contribution in [0.4, 0.5) is 17.2 Å². The third-order valence-electron chi connectivity index (χ3n) is 5.93. The standard InChI is InChI=1S/C23H29N5O3/c24-22(29)19-15-26-21(13-20(19)25-14-16-3-1-2-4-16)27-18-7-5-17(6-8-18)23(30)28-9-11-31-12-10-28/h5-8,13,15-16H,1-4,9-12,14H2,(H2,24,29)(H2,25,26,27). The zero-order valence-corrected chi connectivity index (χ0v) is 17.6. The van der Waals surface area contributed by atoms with Crippen LogP contribution in [0, 0.1) is 5.92 Å². The first-order chi connectivity index (χ1) is 15.1. The van der Waals surface area contributed by atoms with Crippen molar-refractivity contribution in [3.8, 4) is 0 Å². The minimum Gasteiger partial charge on any atom is -0.384 e. The molecular weight excluding hydrogens is 394 g/mol. The molecule has 2 heterocycles. The number of nitrogens with zero attached hydrogens (tertiary/aromatic N) is 2. The molecule has 4 N–H and O–H groups in total. The number of carbonyl (C=O) groups excluding carboxylic acids is 2. The summed E-state index contributed by atoms with van der Waals surface area (Å²) in [5.41, 5.74) is 8.05. The largest absolute Gasteiger partial charge is 0.384 e. The van der Waals surface area contributed by atoms with E-state index in [9.17, 15) is 9.59 Å². The lowest BCUT2D eigenvalue weighted by atomic mass is 10.1. The smallest absolute Gasteiger partial charge is 0.254 e. The molecule has 4 rings (SSSR count). The van der Waals surface area contributed by atoms with E-state index in [2.05, 4.69) is 15.6 Å². The quantitative estimate of drug-likeness (QED) is 0.632. The number of anilines is 3. The van der Waals surface area contributed by atoms with Crippen molar-refractivity contribution in [2.75, 3.05) is 43.5 Å².